The van der Waals surface area contributed by atoms with Gasteiger partial charge >= 0.3 is 0 Å². The van der Waals surface area contributed by atoms with Crippen LogP contribution in [0.2, 0.25) is 0 Å². The first-order valence-electron chi connectivity index (χ1n) is 6.86. The summed E-state index contributed by atoms with van der Waals surface area (Å²) >= 11 is 0. The zero-order valence-corrected chi connectivity index (χ0v) is 11.5. The second-order valence-corrected chi connectivity index (χ2v) is 4.71. The highest BCUT2D eigenvalue weighted by Crippen LogP contribution is 2.28. The highest BCUT2D eigenvalue weighted by Gasteiger charge is 2.15. The maximum absolute atomic E-state index is 12.7. The molecule has 0 fully saturated rings. The van der Waals surface area contributed by atoms with Crippen molar-refractivity contribution >= 4 is 16.7 Å². The van der Waals surface area contributed by atoms with Gasteiger partial charge in [0.15, 0.2) is 5.76 Å². The van der Waals surface area contributed by atoms with Crippen LogP contribution in [0.3, 0.4) is 0 Å². The fraction of sp³-hybridized carbons (Fsp3) is 0.118. The number of fused-ring (bicyclic) bond motifs is 1. The molecule has 21 heavy (non-hydrogen) atoms. The standard InChI is InChI=1S/C17H16N2O2/c18-10-11-19-15-16(20)13-8-4-5-9-14(13)21-17(15)12-6-2-1-3-7-12/h1-9,19H,10-11,18H2. The Balaban J connectivity index is 2.28. The largest absolute Gasteiger partial charge is 0.454 e. The van der Waals surface area contributed by atoms with Gasteiger partial charge in [-0.3, -0.25) is 4.79 Å². The molecule has 1 heterocycles. The summed E-state index contributed by atoms with van der Waals surface area (Å²) < 4.78 is 5.95. The third-order valence-electron chi connectivity index (χ3n) is 3.28. The van der Waals surface area contributed by atoms with Crippen LogP contribution in [0.15, 0.2) is 63.8 Å². The molecule has 0 radical (unpaired) electrons. The fourth-order valence-corrected chi connectivity index (χ4v) is 2.29. The van der Waals surface area contributed by atoms with Crippen molar-refractivity contribution in [3.8, 4) is 11.3 Å². The molecule has 2 aromatic carbocycles. The fourth-order valence-electron chi connectivity index (χ4n) is 2.29. The van der Waals surface area contributed by atoms with Crippen LogP contribution in [0.5, 0.6) is 0 Å². The van der Waals surface area contributed by atoms with Crippen LogP contribution in [0.25, 0.3) is 22.3 Å². The minimum Gasteiger partial charge on any atom is -0.454 e. The molecule has 0 amide bonds. The Bertz CT molecular complexity index is 810. The number of para-hydroxylation sites is 1. The van der Waals surface area contributed by atoms with Crippen molar-refractivity contribution in [1.82, 2.24) is 0 Å². The molecule has 1 aromatic heterocycles. The van der Waals surface area contributed by atoms with E-state index in [9.17, 15) is 4.79 Å². The van der Waals surface area contributed by atoms with Crippen LogP contribution >= 0.6 is 0 Å². The van der Waals surface area contributed by atoms with Crippen LogP contribution in [0.4, 0.5) is 5.69 Å². The zero-order valence-electron chi connectivity index (χ0n) is 11.5. The van der Waals surface area contributed by atoms with Crippen molar-refractivity contribution in [1.29, 1.82) is 0 Å². The molecule has 0 aliphatic heterocycles. The van der Waals surface area contributed by atoms with Crippen molar-refractivity contribution in [2.75, 3.05) is 18.4 Å². The van der Waals surface area contributed by atoms with E-state index < -0.39 is 0 Å². The summed E-state index contributed by atoms with van der Waals surface area (Å²) in [7, 11) is 0. The lowest BCUT2D eigenvalue weighted by Crippen LogP contribution is -2.19. The highest BCUT2D eigenvalue weighted by atomic mass is 16.3. The van der Waals surface area contributed by atoms with E-state index in [-0.39, 0.29) is 5.43 Å². The van der Waals surface area contributed by atoms with Crippen LogP contribution in [-0.4, -0.2) is 13.1 Å². The molecular weight excluding hydrogens is 264 g/mol. The molecule has 0 unspecified atom stereocenters. The molecule has 3 aromatic rings. The van der Waals surface area contributed by atoms with Crippen LogP contribution in [0, 0.1) is 0 Å². The first-order chi connectivity index (χ1) is 10.3. The van der Waals surface area contributed by atoms with Gasteiger partial charge in [0.1, 0.15) is 11.3 Å². The molecule has 106 valence electrons. The third-order valence-corrected chi connectivity index (χ3v) is 3.28. The van der Waals surface area contributed by atoms with Gasteiger partial charge in [-0.25, -0.2) is 0 Å². The Hall–Kier alpha value is -2.59. The number of benzene rings is 2. The van der Waals surface area contributed by atoms with Crippen LogP contribution in [-0.2, 0) is 0 Å². The molecule has 4 nitrogen and oxygen atoms in total. The molecule has 0 atom stereocenters. The van der Waals surface area contributed by atoms with Gasteiger partial charge in [0.25, 0.3) is 0 Å². The average molecular weight is 280 g/mol. The summed E-state index contributed by atoms with van der Waals surface area (Å²) in [6, 6.07) is 16.8. The minimum absolute atomic E-state index is 0.0656. The Morgan fingerprint density at radius 1 is 1.00 bits per heavy atom. The summed E-state index contributed by atoms with van der Waals surface area (Å²) in [4.78, 5) is 12.7. The van der Waals surface area contributed by atoms with Gasteiger partial charge in [0.05, 0.1) is 5.39 Å². The molecule has 0 bridgehead atoms. The molecular formula is C17H16N2O2. The van der Waals surface area contributed by atoms with E-state index >= 15 is 0 Å². The first-order valence-corrected chi connectivity index (χ1v) is 6.86. The molecule has 3 N–H and O–H groups in total. The lowest BCUT2D eigenvalue weighted by Gasteiger charge is -2.11. The zero-order chi connectivity index (χ0) is 14.7. The van der Waals surface area contributed by atoms with Gasteiger partial charge in [-0.1, -0.05) is 42.5 Å². The second-order valence-electron chi connectivity index (χ2n) is 4.71. The number of anilines is 1. The molecule has 0 saturated heterocycles. The van der Waals surface area contributed by atoms with Crippen LogP contribution in [0.1, 0.15) is 0 Å². The topological polar surface area (TPSA) is 68.3 Å². The van der Waals surface area contributed by atoms with Gasteiger partial charge in [-0.05, 0) is 12.1 Å². The maximum atomic E-state index is 12.7. The third kappa shape index (κ3) is 2.53. The first kappa shape index (κ1) is 13.4. The van der Waals surface area contributed by atoms with E-state index in [0.29, 0.717) is 35.5 Å². The number of rotatable bonds is 4. The van der Waals surface area contributed by atoms with Gasteiger partial charge < -0.3 is 15.5 Å². The average Bonchev–Trinajstić information content (AvgIpc) is 2.55. The predicted octanol–water partition coefficient (Wildman–Crippen LogP) is 2.83. The van der Waals surface area contributed by atoms with Gasteiger partial charge in [0, 0.05) is 18.7 Å². The molecule has 0 saturated carbocycles. The number of nitrogens with two attached hydrogens (primary N) is 1. The monoisotopic (exact) mass is 280 g/mol. The number of hydrogen-bond acceptors (Lipinski definition) is 4. The summed E-state index contributed by atoms with van der Waals surface area (Å²) in [5.41, 5.74) is 7.37. The SMILES string of the molecule is NCCNc1c(-c2ccccc2)oc2ccccc2c1=O. The predicted molar refractivity (Wildman–Crippen MR) is 85.5 cm³/mol. The summed E-state index contributed by atoms with van der Waals surface area (Å²) in [6.07, 6.45) is 0. The van der Waals surface area contributed by atoms with Gasteiger partial charge in [-0.2, -0.15) is 0 Å². The lowest BCUT2D eigenvalue weighted by atomic mass is 10.1. The molecule has 4 heteroatoms. The molecule has 0 spiro atoms. The number of hydrogen-bond donors (Lipinski definition) is 2. The van der Waals surface area contributed by atoms with Gasteiger partial charge in [0.2, 0.25) is 5.43 Å². The maximum Gasteiger partial charge on any atom is 0.216 e. The van der Waals surface area contributed by atoms with E-state index in [1.807, 2.05) is 42.5 Å². The highest BCUT2D eigenvalue weighted by molar-refractivity contribution is 5.85. The Kier molecular flexibility index (Phi) is 3.71. The Labute approximate surface area is 122 Å². The Morgan fingerprint density at radius 3 is 2.48 bits per heavy atom. The summed E-state index contributed by atoms with van der Waals surface area (Å²) in [5, 5.41) is 3.66. The van der Waals surface area contributed by atoms with Crippen molar-refractivity contribution in [3.63, 3.8) is 0 Å². The van der Waals surface area contributed by atoms with Crippen LogP contribution < -0.4 is 16.5 Å². The normalized spacial score (nSPS) is 10.7. The van der Waals surface area contributed by atoms with Crippen molar-refractivity contribution in [2.24, 2.45) is 5.73 Å². The summed E-state index contributed by atoms with van der Waals surface area (Å²) in [6.45, 7) is 0.962. The summed E-state index contributed by atoms with van der Waals surface area (Å²) in [5.74, 6) is 0.549. The molecule has 0 aliphatic carbocycles. The quantitative estimate of drug-likeness (QED) is 0.771. The van der Waals surface area contributed by atoms with E-state index in [4.69, 9.17) is 10.2 Å². The van der Waals surface area contributed by atoms with Crippen molar-refractivity contribution in [3.05, 3.63) is 64.8 Å². The Morgan fingerprint density at radius 2 is 1.71 bits per heavy atom. The second kappa shape index (κ2) is 5.81. The molecule has 0 aliphatic rings. The smallest absolute Gasteiger partial charge is 0.216 e. The van der Waals surface area contributed by atoms with Gasteiger partial charge in [-0.15, -0.1) is 0 Å². The van der Waals surface area contributed by atoms with Crippen molar-refractivity contribution < 1.29 is 4.42 Å². The van der Waals surface area contributed by atoms with Crippen molar-refractivity contribution in [2.45, 2.75) is 0 Å². The van der Waals surface area contributed by atoms with E-state index in [0.717, 1.165) is 5.56 Å². The van der Waals surface area contributed by atoms with E-state index in [2.05, 4.69) is 5.32 Å². The van der Waals surface area contributed by atoms with E-state index in [1.54, 1.807) is 12.1 Å². The lowest BCUT2D eigenvalue weighted by molar-refractivity contribution is 0.620. The number of nitrogens with one attached hydrogen (secondary N) is 1. The van der Waals surface area contributed by atoms with E-state index in [1.165, 1.54) is 0 Å². The molecule has 3 rings (SSSR count). The minimum atomic E-state index is -0.0656.